The van der Waals surface area contributed by atoms with E-state index < -0.39 is 40.9 Å². The minimum atomic E-state index is -1.37. The van der Waals surface area contributed by atoms with Crippen LogP contribution in [0.25, 0.3) is 6.08 Å². The maximum Gasteiger partial charge on any atom is 0.335 e. The molecule has 0 unspecified atom stereocenters. The van der Waals surface area contributed by atoms with Crippen LogP contribution >= 0.6 is 23.1 Å². The van der Waals surface area contributed by atoms with E-state index in [9.17, 15) is 24.3 Å². The van der Waals surface area contributed by atoms with Crippen LogP contribution in [0.15, 0.2) is 40.6 Å². The van der Waals surface area contributed by atoms with Gasteiger partial charge in [0.15, 0.2) is 0 Å². The molecule has 0 atom stereocenters. The Kier molecular flexibility index (Phi) is 5.28. The number of anilines is 1. The number of thioether (sulfide) groups is 1. The van der Waals surface area contributed by atoms with Crippen molar-refractivity contribution in [1.29, 1.82) is 0 Å². The molecule has 10 heteroatoms. The number of carboxylic acids is 1. The number of hydrogen-bond donors (Lipinski definition) is 2. The zero-order valence-electron chi connectivity index (χ0n) is 13.5. The second-order valence-corrected chi connectivity index (χ2v) is 7.32. The third kappa shape index (κ3) is 4.18. The van der Waals surface area contributed by atoms with Gasteiger partial charge in [0.25, 0.3) is 11.1 Å². The molecule has 0 radical (unpaired) electrons. The van der Waals surface area contributed by atoms with Gasteiger partial charge in [0, 0.05) is 10.6 Å². The van der Waals surface area contributed by atoms with Crippen molar-refractivity contribution in [3.63, 3.8) is 0 Å². The molecule has 27 heavy (non-hydrogen) atoms. The molecule has 1 fully saturated rings. The van der Waals surface area contributed by atoms with Crippen molar-refractivity contribution in [2.24, 2.45) is 0 Å². The molecule has 138 valence electrons. The number of rotatable bonds is 5. The summed E-state index contributed by atoms with van der Waals surface area (Å²) in [6, 6.07) is 6.91. The van der Waals surface area contributed by atoms with Crippen LogP contribution in [0.2, 0.25) is 0 Å². The average Bonchev–Trinajstić information content (AvgIpc) is 3.19. The monoisotopic (exact) mass is 403 g/mol. The molecule has 1 aliphatic heterocycles. The van der Waals surface area contributed by atoms with Crippen LogP contribution in [-0.2, 0) is 9.59 Å². The fraction of sp³-hybridized carbons (Fsp3) is 0.0588. The molecule has 1 aromatic heterocycles. The molecule has 3 amide bonds. The first-order valence-corrected chi connectivity index (χ1v) is 9.18. The summed E-state index contributed by atoms with van der Waals surface area (Å²) in [6.45, 7) is -0.513. The van der Waals surface area contributed by atoms with Crippen molar-refractivity contribution in [1.82, 2.24) is 4.90 Å². The lowest BCUT2D eigenvalue weighted by Gasteiger charge is -2.15. The maximum absolute atomic E-state index is 12.3. The fourth-order valence-corrected chi connectivity index (χ4v) is 3.82. The molecule has 1 aliphatic rings. The molecule has 8 nitrogen and oxygen atoms in total. The van der Waals surface area contributed by atoms with Gasteiger partial charge in [-0.15, -0.1) is 11.3 Å². The molecule has 0 saturated carbocycles. The van der Waals surface area contributed by atoms with Gasteiger partial charge in [-0.05, 0) is 47.5 Å². The number of carboxylic acid groups (broad SMARTS) is 1. The van der Waals surface area contributed by atoms with Crippen molar-refractivity contribution >= 4 is 57.9 Å². The van der Waals surface area contributed by atoms with E-state index in [1.165, 1.54) is 17.4 Å². The highest BCUT2D eigenvalue weighted by Gasteiger charge is 2.36. The maximum atomic E-state index is 12.3. The van der Waals surface area contributed by atoms with E-state index in [0.717, 1.165) is 33.7 Å². The molecule has 3 rings (SSSR count). The summed E-state index contributed by atoms with van der Waals surface area (Å²) in [5, 5.41) is 24.1. The van der Waals surface area contributed by atoms with Crippen molar-refractivity contribution in [3.8, 4) is 5.75 Å². The molecule has 2 heterocycles. The number of nitrogens with one attached hydrogen (secondary N) is 1. The van der Waals surface area contributed by atoms with Crippen LogP contribution in [-0.4, -0.2) is 39.6 Å². The Bertz CT molecular complexity index is 968. The van der Waals surface area contributed by atoms with Crippen molar-refractivity contribution in [2.75, 3.05) is 11.9 Å². The van der Waals surface area contributed by atoms with Crippen molar-refractivity contribution < 1.29 is 29.4 Å². The lowest BCUT2D eigenvalue weighted by Crippen LogP contribution is -2.36. The highest BCUT2D eigenvalue weighted by molar-refractivity contribution is 8.18. The number of carbonyl (C=O) groups is 4. The van der Waals surface area contributed by atoms with E-state index in [2.05, 4.69) is 5.32 Å². The summed E-state index contributed by atoms with van der Waals surface area (Å²) in [6.07, 6.45) is 1.59. The zero-order valence-corrected chi connectivity index (χ0v) is 15.1. The first-order chi connectivity index (χ1) is 12.8. The lowest BCUT2D eigenvalue weighted by atomic mass is 10.2. The minimum absolute atomic E-state index is 0.0797. The Morgan fingerprint density at radius 1 is 1.26 bits per heavy atom. The van der Waals surface area contributed by atoms with Crippen LogP contribution in [0.1, 0.15) is 15.2 Å². The molecule has 1 saturated heterocycles. The topological polar surface area (TPSA) is 127 Å². The third-order valence-electron chi connectivity index (χ3n) is 3.49. The first-order valence-electron chi connectivity index (χ1n) is 7.48. The number of imide groups is 1. The van der Waals surface area contributed by atoms with Crippen LogP contribution in [0.3, 0.4) is 0 Å². The van der Waals surface area contributed by atoms with Gasteiger partial charge in [0.2, 0.25) is 5.91 Å². The van der Waals surface area contributed by atoms with Gasteiger partial charge in [-0.25, -0.2) is 4.79 Å². The molecule has 2 aromatic rings. The Hall–Kier alpha value is -3.11. The summed E-state index contributed by atoms with van der Waals surface area (Å²) in [5.74, 6) is -3.38. The number of benzene rings is 1. The largest absolute Gasteiger partial charge is 0.872 e. The second kappa shape index (κ2) is 7.64. The average molecular weight is 403 g/mol. The van der Waals surface area contributed by atoms with Gasteiger partial charge in [-0.1, -0.05) is 11.8 Å². The van der Waals surface area contributed by atoms with Crippen LogP contribution in [0.5, 0.6) is 5.75 Å². The van der Waals surface area contributed by atoms with E-state index in [1.807, 2.05) is 11.4 Å². The number of carbonyl (C=O) groups excluding carboxylic acids is 3. The smallest absolute Gasteiger partial charge is 0.335 e. The Morgan fingerprint density at radius 3 is 2.67 bits per heavy atom. The Morgan fingerprint density at radius 2 is 2.04 bits per heavy atom. The highest BCUT2D eigenvalue weighted by atomic mass is 32.2. The molecular formula is C17H11N2O6S2-. The normalized spacial score (nSPS) is 15.4. The fourth-order valence-electron chi connectivity index (χ4n) is 2.26. The van der Waals surface area contributed by atoms with Gasteiger partial charge in [-0.2, -0.15) is 0 Å². The number of thiophene rings is 1. The number of amides is 3. The van der Waals surface area contributed by atoms with Crippen molar-refractivity contribution in [2.45, 2.75) is 0 Å². The predicted molar refractivity (Wildman–Crippen MR) is 98.5 cm³/mol. The molecule has 0 bridgehead atoms. The minimum Gasteiger partial charge on any atom is -0.872 e. The highest BCUT2D eigenvalue weighted by Crippen LogP contribution is 2.32. The van der Waals surface area contributed by atoms with E-state index in [4.69, 9.17) is 5.11 Å². The van der Waals surface area contributed by atoms with E-state index in [-0.39, 0.29) is 10.6 Å². The zero-order chi connectivity index (χ0) is 19.6. The van der Waals surface area contributed by atoms with E-state index in [1.54, 1.807) is 12.1 Å². The molecular weight excluding hydrogens is 392 g/mol. The molecule has 2 N–H and O–H groups in total. The quantitative estimate of drug-likeness (QED) is 0.733. The summed E-state index contributed by atoms with van der Waals surface area (Å²) in [4.78, 5) is 49.1. The molecule has 0 spiro atoms. The van der Waals surface area contributed by atoms with Crippen molar-refractivity contribution in [3.05, 3.63) is 51.1 Å². The second-order valence-electron chi connectivity index (χ2n) is 5.35. The van der Waals surface area contributed by atoms with E-state index >= 15 is 0 Å². The third-order valence-corrected chi connectivity index (χ3v) is 5.21. The van der Waals surface area contributed by atoms with Gasteiger partial charge in [-0.3, -0.25) is 19.3 Å². The number of hydrogen-bond acceptors (Lipinski definition) is 7. The van der Waals surface area contributed by atoms with Gasteiger partial charge in [0.05, 0.1) is 10.5 Å². The predicted octanol–water partition coefficient (Wildman–Crippen LogP) is 2.19. The molecule has 0 aliphatic carbocycles. The first kappa shape index (κ1) is 18.7. The van der Waals surface area contributed by atoms with Crippen LogP contribution in [0, 0.1) is 0 Å². The van der Waals surface area contributed by atoms with Gasteiger partial charge in [0.1, 0.15) is 6.54 Å². The van der Waals surface area contributed by atoms with Gasteiger partial charge < -0.3 is 15.5 Å². The van der Waals surface area contributed by atoms with Gasteiger partial charge >= 0.3 is 5.97 Å². The SMILES string of the molecule is O=C(CN1C(=O)S/C(=C\c2cccs2)C1=O)Nc1ccc(C(=O)O)c([O-])c1. The molecule has 1 aromatic carbocycles. The standard InChI is InChI=1S/C17H12N2O6S2/c20-12-6-9(3-4-11(12)16(23)24)18-14(21)8-19-15(22)13(27-17(19)25)7-10-2-1-5-26-10/h1-7,20H,8H2,(H,18,21)(H,23,24)/p-1/b13-7-. The summed E-state index contributed by atoms with van der Waals surface area (Å²) in [7, 11) is 0. The Labute approximate surface area is 161 Å². The number of nitrogens with zero attached hydrogens (tertiary/aromatic N) is 1. The van der Waals surface area contributed by atoms with Crippen LogP contribution < -0.4 is 10.4 Å². The number of aromatic carboxylic acids is 1. The van der Waals surface area contributed by atoms with E-state index in [0.29, 0.717) is 0 Å². The Balaban J connectivity index is 1.67. The summed E-state index contributed by atoms with van der Waals surface area (Å²) >= 11 is 2.16. The van der Waals surface area contributed by atoms with Crippen LogP contribution in [0.4, 0.5) is 10.5 Å². The summed E-state index contributed by atoms with van der Waals surface area (Å²) in [5.41, 5.74) is -0.339. The lowest BCUT2D eigenvalue weighted by molar-refractivity contribution is -0.268. The summed E-state index contributed by atoms with van der Waals surface area (Å²) < 4.78 is 0.